The molecule has 1 aliphatic heterocycles. The molecule has 2 fully saturated rings. The summed E-state index contributed by atoms with van der Waals surface area (Å²) in [7, 11) is 0. The smallest absolute Gasteiger partial charge is 0.251 e. The molecule has 2 rings (SSSR count). The number of hydrogen-bond acceptors (Lipinski definition) is 6. The maximum absolute atomic E-state index is 12.7. The van der Waals surface area contributed by atoms with Crippen LogP contribution in [0.1, 0.15) is 60.3 Å². The quantitative estimate of drug-likeness (QED) is 0.218. The summed E-state index contributed by atoms with van der Waals surface area (Å²) in [5.74, 6) is -3.40. The summed E-state index contributed by atoms with van der Waals surface area (Å²) in [6.45, 7) is 17.5. The van der Waals surface area contributed by atoms with Crippen LogP contribution in [0.4, 0.5) is 0 Å². The number of aliphatic hydroxyl groups excluding tert-OH is 3. The molecular weight excluding hydrogens is 434 g/mol. The van der Waals surface area contributed by atoms with Crippen molar-refractivity contribution in [1.29, 1.82) is 0 Å². The Bertz CT molecular complexity index is 829. The molecule has 1 saturated heterocycles. The third-order valence-corrected chi connectivity index (χ3v) is 7.05. The first-order chi connectivity index (χ1) is 15.7. The molecule has 6 atom stereocenters. The maximum Gasteiger partial charge on any atom is 0.251 e. The van der Waals surface area contributed by atoms with Crippen LogP contribution in [0, 0.1) is 17.3 Å². The van der Waals surface area contributed by atoms with Gasteiger partial charge in [0.15, 0.2) is 5.79 Å². The number of hydrogen-bond donors (Lipinski definition) is 5. The Hall–Kier alpha value is -1.77. The molecule has 1 saturated carbocycles. The maximum atomic E-state index is 12.7. The number of ether oxygens (including phenoxy) is 1. The van der Waals surface area contributed by atoms with Crippen molar-refractivity contribution in [3.63, 3.8) is 0 Å². The third kappa shape index (κ3) is 6.26. The Morgan fingerprint density at radius 3 is 2.38 bits per heavy atom. The van der Waals surface area contributed by atoms with E-state index >= 15 is 0 Å². The largest absolute Gasteiger partial charge is 0.396 e. The highest BCUT2D eigenvalue weighted by atomic mass is 16.7. The molecule has 0 aromatic rings. The van der Waals surface area contributed by atoms with Gasteiger partial charge in [0.05, 0.1) is 36.8 Å². The molecule has 0 aromatic carbocycles. The van der Waals surface area contributed by atoms with Crippen molar-refractivity contribution in [2.75, 3.05) is 6.61 Å². The summed E-state index contributed by atoms with van der Waals surface area (Å²) in [5, 5.41) is 43.5. The van der Waals surface area contributed by atoms with Crippen LogP contribution in [-0.2, 0) is 9.53 Å². The van der Waals surface area contributed by atoms with E-state index in [0.717, 1.165) is 19.3 Å². The average Bonchev–Trinajstić information content (AvgIpc) is 2.85. The Morgan fingerprint density at radius 2 is 1.79 bits per heavy atom. The first kappa shape index (κ1) is 28.5. The average molecular weight is 478 g/mol. The molecule has 1 aliphatic carbocycles. The highest BCUT2D eigenvalue weighted by Crippen LogP contribution is 2.54. The lowest BCUT2D eigenvalue weighted by Gasteiger charge is -2.50. The molecule has 5 N–H and O–H groups in total. The van der Waals surface area contributed by atoms with Gasteiger partial charge in [-0.2, -0.15) is 0 Å². The number of nitrogens with one attached hydrogen (secondary N) is 1. The van der Waals surface area contributed by atoms with E-state index in [9.17, 15) is 25.2 Å². The molecule has 0 spiro atoms. The third-order valence-electron chi connectivity index (χ3n) is 7.05. The van der Waals surface area contributed by atoms with Crippen LogP contribution >= 0.6 is 0 Å². The minimum absolute atomic E-state index is 0.0948. The van der Waals surface area contributed by atoms with E-state index in [1.54, 1.807) is 6.08 Å². The van der Waals surface area contributed by atoms with Gasteiger partial charge in [0.25, 0.3) is 5.91 Å². The summed E-state index contributed by atoms with van der Waals surface area (Å²) in [6, 6.07) is 0. The second-order valence-electron chi connectivity index (χ2n) is 11.2. The van der Waals surface area contributed by atoms with Crippen LogP contribution in [0.25, 0.3) is 0 Å². The Balaban J connectivity index is 1.85. The van der Waals surface area contributed by atoms with E-state index in [4.69, 9.17) is 4.74 Å². The van der Waals surface area contributed by atoms with Crippen molar-refractivity contribution >= 4 is 5.91 Å². The normalized spacial score (nSPS) is 31.5. The first-order valence-electron chi connectivity index (χ1n) is 12.1. The number of carbonyl (C=O) groups excluding carboxylic acids is 1. The fourth-order valence-corrected chi connectivity index (χ4v) is 5.58. The zero-order chi connectivity index (χ0) is 25.9. The molecule has 192 valence electrons. The van der Waals surface area contributed by atoms with Crippen LogP contribution in [0.2, 0.25) is 0 Å². The number of aliphatic hydroxyl groups is 4. The molecule has 6 unspecified atom stereocenters. The molecule has 7 nitrogen and oxygen atoms in total. The van der Waals surface area contributed by atoms with Gasteiger partial charge < -0.3 is 30.5 Å². The fourth-order valence-electron chi connectivity index (χ4n) is 5.58. The minimum atomic E-state index is -1.66. The van der Waals surface area contributed by atoms with Crippen molar-refractivity contribution in [2.24, 2.45) is 17.3 Å². The highest BCUT2D eigenvalue weighted by Gasteiger charge is 2.69. The van der Waals surface area contributed by atoms with E-state index in [-0.39, 0.29) is 17.4 Å². The van der Waals surface area contributed by atoms with Gasteiger partial charge >= 0.3 is 0 Å². The van der Waals surface area contributed by atoms with Crippen molar-refractivity contribution in [1.82, 2.24) is 5.32 Å². The highest BCUT2D eigenvalue weighted by molar-refractivity contribution is 5.98. The lowest BCUT2D eigenvalue weighted by molar-refractivity contribution is -0.381. The van der Waals surface area contributed by atoms with Gasteiger partial charge in [0, 0.05) is 11.1 Å². The summed E-state index contributed by atoms with van der Waals surface area (Å²) >= 11 is 0. The number of amides is 1. The van der Waals surface area contributed by atoms with Crippen molar-refractivity contribution in [3.8, 4) is 0 Å². The van der Waals surface area contributed by atoms with Crippen LogP contribution in [0.3, 0.4) is 0 Å². The molecule has 0 radical (unpaired) electrons. The summed E-state index contributed by atoms with van der Waals surface area (Å²) in [4.78, 5) is 12.7. The second-order valence-corrected chi connectivity index (χ2v) is 11.2. The van der Waals surface area contributed by atoms with Crippen molar-refractivity contribution in [2.45, 2.75) is 89.9 Å². The molecule has 1 amide bonds. The van der Waals surface area contributed by atoms with Gasteiger partial charge in [-0.15, -0.1) is 0 Å². The van der Waals surface area contributed by atoms with E-state index in [1.165, 1.54) is 0 Å². The molecule has 0 bridgehead atoms. The van der Waals surface area contributed by atoms with Gasteiger partial charge in [-0.05, 0) is 51.0 Å². The zero-order valence-electron chi connectivity index (χ0n) is 21.3. The molecule has 2 aliphatic rings. The van der Waals surface area contributed by atoms with E-state index < -0.39 is 42.0 Å². The standard InChI is InChI=1S/C27H43NO6/c1-8-9-10-12-17(2)18(3)24(32)28-26(6,7)16-25(4,5)14-11-13-20-21-23(31)22(30)19(15-29)27(21,33)34-20/h8-10,12,19-23,29-31,33H,2-3,11,13-16H2,1,4-7H3,(H,28,32). The van der Waals surface area contributed by atoms with Crippen LogP contribution in [-0.4, -0.2) is 62.6 Å². The monoisotopic (exact) mass is 477 g/mol. The fraction of sp³-hybridized carbons (Fsp3) is 0.667. The van der Waals surface area contributed by atoms with Gasteiger partial charge in [-0.25, -0.2) is 0 Å². The molecule has 34 heavy (non-hydrogen) atoms. The molecule has 1 heterocycles. The van der Waals surface area contributed by atoms with Crippen LogP contribution in [0.5, 0.6) is 0 Å². The Kier molecular flexibility index (Phi) is 9.10. The summed E-state index contributed by atoms with van der Waals surface area (Å²) < 4.78 is 5.64. The molecular formula is C27H43NO6. The molecule has 7 heteroatoms. The van der Waals surface area contributed by atoms with E-state index in [1.807, 2.05) is 39.0 Å². The van der Waals surface area contributed by atoms with Crippen molar-refractivity contribution < 1.29 is 30.0 Å². The second kappa shape index (κ2) is 10.9. The zero-order valence-corrected chi connectivity index (χ0v) is 21.3. The van der Waals surface area contributed by atoms with E-state index in [2.05, 4.69) is 32.3 Å². The Labute approximate surface area is 203 Å². The lowest BCUT2D eigenvalue weighted by atomic mass is 9.75. The number of fused-ring (bicyclic) bond motifs is 1. The van der Waals surface area contributed by atoms with Gasteiger partial charge in [-0.3, -0.25) is 4.79 Å². The van der Waals surface area contributed by atoms with Crippen LogP contribution in [0.15, 0.2) is 48.6 Å². The van der Waals surface area contributed by atoms with Crippen LogP contribution < -0.4 is 5.32 Å². The minimum Gasteiger partial charge on any atom is -0.396 e. The summed E-state index contributed by atoms with van der Waals surface area (Å²) in [5.41, 5.74) is 0.334. The van der Waals surface area contributed by atoms with Crippen molar-refractivity contribution in [3.05, 3.63) is 48.6 Å². The summed E-state index contributed by atoms with van der Waals surface area (Å²) in [6.07, 6.45) is 7.64. The SMILES string of the molecule is C=C(C=CC=CC)C(=C)C(=O)NC(C)(C)CC(C)(C)CCCC1OC2(O)C(CO)C(O)C(O)C12. The lowest BCUT2D eigenvalue weighted by Crippen LogP contribution is -2.62. The topological polar surface area (TPSA) is 119 Å². The Morgan fingerprint density at radius 1 is 1.15 bits per heavy atom. The van der Waals surface area contributed by atoms with E-state index in [0.29, 0.717) is 17.6 Å². The predicted octanol–water partition coefficient (Wildman–Crippen LogP) is 2.76. The number of carbonyl (C=O) groups is 1. The van der Waals surface area contributed by atoms with Gasteiger partial charge in [-0.1, -0.05) is 57.7 Å². The first-order valence-corrected chi connectivity index (χ1v) is 12.1. The van der Waals surface area contributed by atoms with Gasteiger partial charge in [0.1, 0.15) is 0 Å². The number of rotatable bonds is 12. The van der Waals surface area contributed by atoms with Gasteiger partial charge in [0.2, 0.25) is 0 Å². The molecule has 0 aromatic heterocycles. The number of allylic oxidation sites excluding steroid dienone is 4. The predicted molar refractivity (Wildman–Crippen MR) is 133 cm³/mol.